The number of thioether (sulfide) groups is 2. The number of aliphatic carboxylic acids is 1. The lowest BCUT2D eigenvalue weighted by molar-refractivity contribution is -0.140. The van der Waals surface area contributed by atoms with Gasteiger partial charge in [-0.1, -0.05) is 0 Å². The molecule has 7 heteroatoms. The van der Waals surface area contributed by atoms with Gasteiger partial charge in [-0.05, 0) is 19.1 Å². The number of carboxylic acids is 1. The van der Waals surface area contributed by atoms with E-state index in [0.29, 0.717) is 18.2 Å². The Morgan fingerprint density at radius 1 is 1.59 bits per heavy atom. The zero-order valence-corrected chi connectivity index (χ0v) is 11.3. The third-order valence-electron chi connectivity index (χ3n) is 3.23. The highest BCUT2D eigenvalue weighted by Gasteiger charge is 2.43. The van der Waals surface area contributed by atoms with Crippen molar-refractivity contribution in [2.45, 2.75) is 23.6 Å². The van der Waals surface area contributed by atoms with Crippen LogP contribution >= 0.6 is 23.5 Å². The fourth-order valence-electron chi connectivity index (χ4n) is 1.78. The largest absolute Gasteiger partial charge is 0.480 e. The molecule has 2 rings (SSSR count). The second kappa shape index (κ2) is 4.97. The standard InChI is InChI=1S/C10H16N2O3S2/c1-16-10(2-3-10)5-11-9(15)12-6-17-4-7(12)8(13)14/h7H,2-6H2,1H3,(H,11,15)(H,13,14)/t7-/m0/s1. The zero-order valence-electron chi connectivity index (χ0n) is 9.64. The third kappa shape index (κ3) is 2.82. The van der Waals surface area contributed by atoms with Gasteiger partial charge in [-0.15, -0.1) is 11.8 Å². The Labute approximate surface area is 109 Å². The van der Waals surface area contributed by atoms with E-state index in [-0.39, 0.29) is 10.8 Å². The number of urea groups is 1. The highest BCUT2D eigenvalue weighted by molar-refractivity contribution is 8.00. The van der Waals surface area contributed by atoms with Crippen LogP contribution in [0.3, 0.4) is 0 Å². The van der Waals surface area contributed by atoms with Crippen molar-refractivity contribution < 1.29 is 14.7 Å². The summed E-state index contributed by atoms with van der Waals surface area (Å²) in [5.74, 6) is 0.0297. The number of hydrogen-bond donors (Lipinski definition) is 2. The van der Waals surface area contributed by atoms with Gasteiger partial charge in [0.1, 0.15) is 6.04 Å². The van der Waals surface area contributed by atoms with Gasteiger partial charge in [0.2, 0.25) is 0 Å². The average molecular weight is 276 g/mol. The molecule has 1 heterocycles. The molecule has 1 aliphatic heterocycles. The molecule has 0 aromatic heterocycles. The molecule has 1 saturated carbocycles. The number of rotatable bonds is 4. The molecular formula is C10H16N2O3S2. The van der Waals surface area contributed by atoms with Gasteiger partial charge < -0.3 is 15.3 Å². The molecule has 0 bridgehead atoms. The van der Waals surface area contributed by atoms with Gasteiger partial charge in [0.25, 0.3) is 0 Å². The Morgan fingerprint density at radius 2 is 2.29 bits per heavy atom. The number of nitrogens with one attached hydrogen (secondary N) is 1. The second-order valence-corrected chi connectivity index (χ2v) is 6.64. The molecule has 0 aromatic carbocycles. The Balaban J connectivity index is 1.85. The van der Waals surface area contributed by atoms with Crippen molar-refractivity contribution in [3.8, 4) is 0 Å². The molecule has 1 saturated heterocycles. The Kier molecular flexibility index (Phi) is 3.77. The minimum absolute atomic E-state index is 0.210. The van der Waals surface area contributed by atoms with Crippen molar-refractivity contribution in [2.75, 3.05) is 24.4 Å². The first kappa shape index (κ1) is 12.9. The van der Waals surface area contributed by atoms with E-state index in [1.165, 1.54) is 16.7 Å². The van der Waals surface area contributed by atoms with Crippen molar-refractivity contribution in [1.82, 2.24) is 10.2 Å². The number of carbonyl (C=O) groups excluding carboxylic acids is 1. The number of carboxylic acid groups (broad SMARTS) is 1. The summed E-state index contributed by atoms with van der Waals surface area (Å²) < 4.78 is 0.210. The summed E-state index contributed by atoms with van der Waals surface area (Å²) in [5.41, 5.74) is 0. The van der Waals surface area contributed by atoms with Crippen LogP contribution in [0.25, 0.3) is 0 Å². The van der Waals surface area contributed by atoms with E-state index in [1.54, 1.807) is 11.8 Å². The van der Waals surface area contributed by atoms with Gasteiger partial charge in [0.15, 0.2) is 0 Å². The normalized spacial score (nSPS) is 25.7. The van der Waals surface area contributed by atoms with Gasteiger partial charge in [-0.3, -0.25) is 0 Å². The molecule has 0 spiro atoms. The summed E-state index contributed by atoms with van der Waals surface area (Å²) in [7, 11) is 0. The highest BCUT2D eigenvalue weighted by Crippen LogP contribution is 2.46. The fourth-order valence-corrected chi connectivity index (χ4v) is 3.65. The van der Waals surface area contributed by atoms with E-state index in [0.717, 1.165) is 12.8 Å². The predicted octanol–water partition coefficient (Wildman–Crippen LogP) is 1.05. The molecule has 2 N–H and O–H groups in total. The minimum Gasteiger partial charge on any atom is -0.480 e. The molecule has 2 aliphatic rings. The third-order valence-corrected chi connectivity index (χ3v) is 5.66. The van der Waals surface area contributed by atoms with Crippen molar-refractivity contribution in [3.05, 3.63) is 0 Å². The molecule has 2 amide bonds. The zero-order chi connectivity index (χ0) is 12.5. The Morgan fingerprint density at radius 3 is 2.82 bits per heavy atom. The molecule has 1 aliphatic carbocycles. The average Bonchev–Trinajstić information content (AvgIpc) is 2.91. The van der Waals surface area contributed by atoms with E-state index in [9.17, 15) is 9.59 Å². The quantitative estimate of drug-likeness (QED) is 0.803. The Bertz CT molecular complexity index is 334. The summed E-state index contributed by atoms with van der Waals surface area (Å²) in [6, 6.07) is -0.924. The number of hydrogen-bond acceptors (Lipinski definition) is 4. The van der Waals surface area contributed by atoms with Gasteiger partial charge in [-0.25, -0.2) is 9.59 Å². The van der Waals surface area contributed by atoms with E-state index < -0.39 is 12.0 Å². The van der Waals surface area contributed by atoms with Crippen LogP contribution in [0.5, 0.6) is 0 Å². The van der Waals surface area contributed by atoms with Crippen LogP contribution < -0.4 is 5.32 Å². The first-order valence-corrected chi connectivity index (χ1v) is 7.86. The second-order valence-electron chi connectivity index (χ2n) is 4.37. The molecular weight excluding hydrogens is 260 g/mol. The molecule has 0 radical (unpaired) electrons. The van der Waals surface area contributed by atoms with Crippen LogP contribution in [0.15, 0.2) is 0 Å². The van der Waals surface area contributed by atoms with Gasteiger partial charge >= 0.3 is 12.0 Å². The topological polar surface area (TPSA) is 69.6 Å². The van der Waals surface area contributed by atoms with E-state index >= 15 is 0 Å². The predicted molar refractivity (Wildman–Crippen MR) is 69.5 cm³/mol. The maximum Gasteiger partial charge on any atom is 0.327 e. The van der Waals surface area contributed by atoms with E-state index in [2.05, 4.69) is 5.32 Å². The van der Waals surface area contributed by atoms with Crippen LogP contribution in [-0.2, 0) is 4.79 Å². The summed E-state index contributed by atoms with van der Waals surface area (Å²) in [4.78, 5) is 24.2. The van der Waals surface area contributed by atoms with Gasteiger partial charge in [0, 0.05) is 17.0 Å². The number of nitrogens with zero attached hydrogens (tertiary/aromatic N) is 1. The SMILES string of the molecule is CSC1(CNC(=O)N2CSC[C@H]2C(=O)O)CC1. The van der Waals surface area contributed by atoms with Crippen LogP contribution in [0.1, 0.15) is 12.8 Å². The van der Waals surface area contributed by atoms with Crippen LogP contribution in [0.2, 0.25) is 0 Å². The first-order chi connectivity index (χ1) is 8.08. The van der Waals surface area contributed by atoms with Crippen molar-refractivity contribution in [2.24, 2.45) is 0 Å². The van der Waals surface area contributed by atoms with Crippen molar-refractivity contribution >= 4 is 35.5 Å². The van der Waals surface area contributed by atoms with Crippen molar-refractivity contribution in [1.29, 1.82) is 0 Å². The summed E-state index contributed by atoms with van der Waals surface area (Å²) in [6.07, 6.45) is 4.31. The van der Waals surface area contributed by atoms with Crippen LogP contribution in [0.4, 0.5) is 4.79 Å². The smallest absolute Gasteiger partial charge is 0.327 e. The number of carbonyl (C=O) groups is 2. The fraction of sp³-hybridized carbons (Fsp3) is 0.800. The summed E-state index contributed by atoms with van der Waals surface area (Å²) in [6.45, 7) is 0.639. The van der Waals surface area contributed by atoms with Crippen LogP contribution in [0, 0.1) is 0 Å². The van der Waals surface area contributed by atoms with Gasteiger partial charge in [-0.2, -0.15) is 11.8 Å². The Hall–Kier alpha value is -0.560. The maximum atomic E-state index is 11.9. The van der Waals surface area contributed by atoms with E-state index in [1.807, 2.05) is 6.26 Å². The molecule has 5 nitrogen and oxygen atoms in total. The summed E-state index contributed by atoms with van der Waals surface area (Å²) >= 11 is 3.26. The molecule has 0 aromatic rings. The van der Waals surface area contributed by atoms with Crippen LogP contribution in [-0.4, -0.2) is 57.2 Å². The maximum absolute atomic E-state index is 11.9. The lowest BCUT2D eigenvalue weighted by Gasteiger charge is -2.22. The molecule has 0 unspecified atom stereocenters. The number of amides is 2. The lowest BCUT2D eigenvalue weighted by Crippen LogP contribution is -2.48. The summed E-state index contributed by atoms with van der Waals surface area (Å²) in [5, 5.41) is 11.8. The first-order valence-electron chi connectivity index (χ1n) is 5.48. The molecule has 2 fully saturated rings. The van der Waals surface area contributed by atoms with Gasteiger partial charge in [0.05, 0.1) is 5.88 Å². The van der Waals surface area contributed by atoms with E-state index in [4.69, 9.17) is 5.11 Å². The minimum atomic E-state index is -0.920. The highest BCUT2D eigenvalue weighted by atomic mass is 32.2. The monoisotopic (exact) mass is 276 g/mol. The van der Waals surface area contributed by atoms with Crippen molar-refractivity contribution in [3.63, 3.8) is 0 Å². The lowest BCUT2D eigenvalue weighted by atomic mass is 10.3. The molecule has 1 atom stereocenters. The molecule has 17 heavy (non-hydrogen) atoms. The molecule has 96 valence electrons.